The third-order valence-corrected chi connectivity index (χ3v) is 2.45. The van der Waals surface area contributed by atoms with Gasteiger partial charge in [0.25, 0.3) is 0 Å². The van der Waals surface area contributed by atoms with Gasteiger partial charge in [-0.25, -0.2) is 0 Å². The zero-order chi connectivity index (χ0) is 12.2. The van der Waals surface area contributed by atoms with Crippen molar-refractivity contribution < 1.29 is 19.0 Å². The highest BCUT2D eigenvalue weighted by atomic mass is 16.7. The molecular formula is C12H18O4. The van der Waals surface area contributed by atoms with Crippen molar-refractivity contribution in [3.63, 3.8) is 0 Å². The first-order valence-corrected chi connectivity index (χ1v) is 5.37. The normalized spacial score (nSPS) is 27.4. The number of terminal acetylenes is 1. The Morgan fingerprint density at radius 1 is 1.50 bits per heavy atom. The minimum Gasteiger partial charge on any atom is -0.469 e. The minimum atomic E-state index is -0.632. The van der Waals surface area contributed by atoms with Gasteiger partial charge in [0.05, 0.1) is 13.2 Å². The molecule has 90 valence electrons. The Bertz CT molecular complexity index is 290. The first-order chi connectivity index (χ1) is 7.48. The molecule has 0 aromatic heterocycles. The van der Waals surface area contributed by atoms with Crippen LogP contribution in [0.3, 0.4) is 0 Å². The van der Waals surface area contributed by atoms with Gasteiger partial charge < -0.3 is 14.2 Å². The molecule has 1 heterocycles. The Hall–Kier alpha value is -1.05. The van der Waals surface area contributed by atoms with Crippen molar-refractivity contribution in [2.75, 3.05) is 7.11 Å². The first kappa shape index (κ1) is 13.0. The molecule has 0 spiro atoms. The number of ether oxygens (including phenoxy) is 3. The Kier molecular flexibility index (Phi) is 4.34. The molecule has 0 bridgehead atoms. The van der Waals surface area contributed by atoms with Gasteiger partial charge in [-0.15, -0.1) is 6.42 Å². The summed E-state index contributed by atoms with van der Waals surface area (Å²) in [5.74, 6) is 1.71. The molecule has 0 aliphatic carbocycles. The number of esters is 1. The van der Waals surface area contributed by atoms with Gasteiger partial charge in [0.1, 0.15) is 6.10 Å². The molecule has 0 aromatic rings. The molecule has 1 fully saturated rings. The molecule has 0 N–H and O–H groups in total. The number of hydrogen-bond donors (Lipinski definition) is 0. The average Bonchev–Trinajstić information content (AvgIpc) is 2.53. The van der Waals surface area contributed by atoms with Crippen LogP contribution >= 0.6 is 0 Å². The van der Waals surface area contributed by atoms with Gasteiger partial charge in [-0.3, -0.25) is 4.79 Å². The van der Waals surface area contributed by atoms with E-state index in [1.54, 1.807) is 0 Å². The van der Waals surface area contributed by atoms with E-state index < -0.39 is 5.79 Å². The van der Waals surface area contributed by atoms with E-state index >= 15 is 0 Å². The second-order valence-electron chi connectivity index (χ2n) is 4.23. The molecule has 1 aliphatic heterocycles. The van der Waals surface area contributed by atoms with Crippen LogP contribution in [0.2, 0.25) is 0 Å². The first-order valence-electron chi connectivity index (χ1n) is 5.37. The summed E-state index contributed by atoms with van der Waals surface area (Å²) in [5.41, 5.74) is 0. The van der Waals surface area contributed by atoms with Crippen LogP contribution in [0.15, 0.2) is 0 Å². The van der Waals surface area contributed by atoms with Gasteiger partial charge >= 0.3 is 5.97 Å². The van der Waals surface area contributed by atoms with Crippen LogP contribution in [0, 0.1) is 12.3 Å². The van der Waals surface area contributed by atoms with E-state index in [1.807, 2.05) is 13.8 Å². The predicted octanol–water partition coefficient (Wildman–Crippen LogP) is 1.48. The van der Waals surface area contributed by atoms with Crippen molar-refractivity contribution in [3.05, 3.63) is 0 Å². The lowest BCUT2D eigenvalue weighted by molar-refractivity contribution is -0.144. The van der Waals surface area contributed by atoms with Crippen molar-refractivity contribution in [1.82, 2.24) is 0 Å². The highest BCUT2D eigenvalue weighted by Gasteiger charge is 2.39. The number of rotatable bonds is 4. The molecule has 1 rings (SSSR count). The summed E-state index contributed by atoms with van der Waals surface area (Å²) in [7, 11) is 1.38. The van der Waals surface area contributed by atoms with Crippen molar-refractivity contribution in [1.29, 1.82) is 0 Å². The van der Waals surface area contributed by atoms with Crippen LogP contribution < -0.4 is 0 Å². The maximum atomic E-state index is 10.9. The number of carbonyl (C=O) groups excluding carboxylic acids is 1. The van der Waals surface area contributed by atoms with E-state index in [2.05, 4.69) is 10.7 Å². The summed E-state index contributed by atoms with van der Waals surface area (Å²) in [6.45, 7) is 3.66. The lowest BCUT2D eigenvalue weighted by Gasteiger charge is -2.16. The van der Waals surface area contributed by atoms with Gasteiger partial charge in [-0.05, 0) is 26.7 Å². The maximum Gasteiger partial charge on any atom is 0.305 e. The monoisotopic (exact) mass is 226 g/mol. The Morgan fingerprint density at radius 3 is 2.75 bits per heavy atom. The van der Waals surface area contributed by atoms with Crippen molar-refractivity contribution in [2.45, 2.75) is 51.1 Å². The molecule has 4 heteroatoms. The molecule has 0 unspecified atom stereocenters. The van der Waals surface area contributed by atoms with Gasteiger partial charge in [0.2, 0.25) is 0 Å². The van der Waals surface area contributed by atoms with Crippen LogP contribution in [0.4, 0.5) is 0 Å². The van der Waals surface area contributed by atoms with Gasteiger partial charge in [-0.1, -0.05) is 5.92 Å². The zero-order valence-corrected chi connectivity index (χ0v) is 9.99. The predicted molar refractivity (Wildman–Crippen MR) is 58.5 cm³/mol. The van der Waals surface area contributed by atoms with Crippen LogP contribution in [-0.4, -0.2) is 31.1 Å². The molecular weight excluding hydrogens is 208 g/mol. The second-order valence-corrected chi connectivity index (χ2v) is 4.23. The third-order valence-electron chi connectivity index (χ3n) is 2.45. The Morgan fingerprint density at radius 2 is 2.19 bits per heavy atom. The zero-order valence-electron chi connectivity index (χ0n) is 9.99. The highest BCUT2D eigenvalue weighted by Crippen LogP contribution is 2.30. The Balaban J connectivity index is 2.37. The summed E-state index contributed by atoms with van der Waals surface area (Å²) in [6, 6.07) is 0. The molecule has 1 saturated heterocycles. The van der Waals surface area contributed by atoms with E-state index in [9.17, 15) is 4.79 Å². The summed E-state index contributed by atoms with van der Waals surface area (Å²) in [5, 5.41) is 0. The van der Waals surface area contributed by atoms with Crippen LogP contribution in [0.5, 0.6) is 0 Å². The smallest absolute Gasteiger partial charge is 0.305 e. The van der Waals surface area contributed by atoms with Crippen LogP contribution in [0.1, 0.15) is 33.1 Å². The van der Waals surface area contributed by atoms with Crippen molar-refractivity contribution >= 4 is 5.97 Å². The fraction of sp³-hybridized carbons (Fsp3) is 0.750. The van der Waals surface area contributed by atoms with Gasteiger partial charge in [-0.2, -0.15) is 0 Å². The summed E-state index contributed by atoms with van der Waals surface area (Å²) < 4.78 is 15.7. The number of carbonyl (C=O) groups is 1. The minimum absolute atomic E-state index is 0.135. The van der Waals surface area contributed by atoms with E-state index in [0.717, 1.165) is 0 Å². The SMILES string of the molecule is C#C[C@H]1OC(C)(C)O[C@H]1CCCC(=O)OC. The average molecular weight is 226 g/mol. The number of methoxy groups -OCH3 is 1. The lowest BCUT2D eigenvalue weighted by atomic mass is 10.1. The molecule has 2 atom stereocenters. The molecule has 0 saturated carbocycles. The highest BCUT2D eigenvalue weighted by molar-refractivity contribution is 5.68. The second kappa shape index (κ2) is 5.33. The molecule has 0 aromatic carbocycles. The summed E-state index contributed by atoms with van der Waals surface area (Å²) >= 11 is 0. The summed E-state index contributed by atoms with van der Waals surface area (Å²) in [4.78, 5) is 10.9. The third kappa shape index (κ3) is 3.51. The van der Waals surface area contributed by atoms with Crippen molar-refractivity contribution in [2.24, 2.45) is 0 Å². The van der Waals surface area contributed by atoms with Crippen molar-refractivity contribution in [3.8, 4) is 12.3 Å². The summed E-state index contributed by atoms with van der Waals surface area (Å²) in [6.07, 6.45) is 6.67. The maximum absolute atomic E-state index is 10.9. The molecule has 16 heavy (non-hydrogen) atoms. The topological polar surface area (TPSA) is 44.8 Å². The number of hydrogen-bond acceptors (Lipinski definition) is 4. The molecule has 1 aliphatic rings. The fourth-order valence-electron chi connectivity index (χ4n) is 1.74. The van der Waals surface area contributed by atoms with Crippen LogP contribution in [-0.2, 0) is 19.0 Å². The molecule has 0 amide bonds. The molecule has 4 nitrogen and oxygen atoms in total. The lowest BCUT2D eigenvalue weighted by Crippen LogP contribution is -2.21. The van der Waals surface area contributed by atoms with Crippen LogP contribution in [0.25, 0.3) is 0 Å². The van der Waals surface area contributed by atoms with Gasteiger partial charge in [0, 0.05) is 6.42 Å². The molecule has 0 radical (unpaired) electrons. The van der Waals surface area contributed by atoms with E-state index in [-0.39, 0.29) is 18.2 Å². The Labute approximate surface area is 96.2 Å². The fourth-order valence-corrected chi connectivity index (χ4v) is 1.74. The van der Waals surface area contributed by atoms with E-state index in [1.165, 1.54) is 7.11 Å². The standard InChI is InChI=1S/C12H18O4/c1-5-9-10(16-12(2,3)15-9)7-6-8-11(13)14-4/h1,9-10H,6-8H2,2-4H3/t9-,10+/m1/s1. The van der Waals surface area contributed by atoms with E-state index in [0.29, 0.717) is 19.3 Å². The largest absolute Gasteiger partial charge is 0.469 e. The quantitative estimate of drug-likeness (QED) is 0.538. The van der Waals surface area contributed by atoms with E-state index in [4.69, 9.17) is 15.9 Å². The van der Waals surface area contributed by atoms with Gasteiger partial charge in [0.15, 0.2) is 5.79 Å².